The molecule has 0 aliphatic heterocycles. The van der Waals surface area contributed by atoms with Crippen LogP contribution in [-0.4, -0.2) is 17.1 Å². The van der Waals surface area contributed by atoms with E-state index in [0.29, 0.717) is 6.04 Å². The summed E-state index contributed by atoms with van der Waals surface area (Å²) in [5.74, 6) is 0.985. The van der Waals surface area contributed by atoms with Crippen LogP contribution in [0.1, 0.15) is 49.3 Å². The molecule has 0 saturated heterocycles. The van der Waals surface area contributed by atoms with E-state index in [2.05, 4.69) is 30.4 Å². The van der Waals surface area contributed by atoms with Gasteiger partial charge in [0, 0.05) is 18.2 Å². The number of oxime groups is 1. The van der Waals surface area contributed by atoms with Gasteiger partial charge in [-0.15, -0.1) is 0 Å². The van der Waals surface area contributed by atoms with E-state index in [1.165, 1.54) is 36.8 Å². The molecule has 0 amide bonds. The summed E-state index contributed by atoms with van der Waals surface area (Å²) in [5.41, 5.74) is 8.80. The van der Waals surface area contributed by atoms with Crippen LogP contribution >= 0.6 is 0 Å². The predicted octanol–water partition coefficient (Wildman–Crippen LogP) is 2.76. The molecule has 1 aliphatic carbocycles. The van der Waals surface area contributed by atoms with Crippen molar-refractivity contribution in [3.05, 3.63) is 34.9 Å². The van der Waals surface area contributed by atoms with Crippen molar-refractivity contribution >= 4 is 5.84 Å². The van der Waals surface area contributed by atoms with Crippen LogP contribution in [0.3, 0.4) is 0 Å². The number of nitrogens with zero attached hydrogens (tertiary/aromatic N) is 1. The number of nitrogens with one attached hydrogen (secondary N) is 1. The molecule has 4 nitrogen and oxygen atoms in total. The maximum atomic E-state index is 8.70. The van der Waals surface area contributed by atoms with Crippen LogP contribution in [0.25, 0.3) is 0 Å². The first-order valence-corrected chi connectivity index (χ1v) is 7.42. The molecular weight excluding hydrogens is 250 g/mol. The highest BCUT2D eigenvalue weighted by Crippen LogP contribution is 2.27. The van der Waals surface area contributed by atoms with E-state index in [4.69, 9.17) is 10.9 Å². The monoisotopic (exact) mass is 275 g/mol. The Kier molecular flexibility index (Phi) is 5.01. The van der Waals surface area contributed by atoms with Crippen molar-refractivity contribution in [2.75, 3.05) is 0 Å². The van der Waals surface area contributed by atoms with Crippen LogP contribution in [0.4, 0.5) is 0 Å². The molecule has 110 valence electrons. The van der Waals surface area contributed by atoms with Gasteiger partial charge in [0.2, 0.25) is 0 Å². The minimum Gasteiger partial charge on any atom is -0.409 e. The van der Waals surface area contributed by atoms with Gasteiger partial charge >= 0.3 is 0 Å². The van der Waals surface area contributed by atoms with Crippen LogP contribution in [0.2, 0.25) is 0 Å². The smallest absolute Gasteiger partial charge is 0.170 e. The molecule has 1 saturated carbocycles. The van der Waals surface area contributed by atoms with Crippen LogP contribution in [0.5, 0.6) is 0 Å². The number of aryl methyl sites for hydroxylation is 1. The highest BCUT2D eigenvalue weighted by molar-refractivity contribution is 5.97. The molecule has 20 heavy (non-hydrogen) atoms. The van der Waals surface area contributed by atoms with Gasteiger partial charge in [0.1, 0.15) is 0 Å². The zero-order chi connectivity index (χ0) is 14.5. The van der Waals surface area contributed by atoms with Gasteiger partial charge in [-0.2, -0.15) is 0 Å². The standard InChI is InChI=1S/C16H25N3O/c1-11-9-14(16(17)19-20)7-8-15(11)10-18-12(2)13-5-3-4-6-13/h7-9,12-13,18,20H,3-6,10H2,1-2H3,(H2,17,19). The van der Waals surface area contributed by atoms with E-state index in [1.807, 2.05) is 12.1 Å². The van der Waals surface area contributed by atoms with E-state index in [0.717, 1.165) is 18.0 Å². The molecular formula is C16H25N3O. The molecule has 1 fully saturated rings. The lowest BCUT2D eigenvalue weighted by atomic mass is 9.99. The van der Waals surface area contributed by atoms with Gasteiger partial charge in [-0.3, -0.25) is 0 Å². The lowest BCUT2D eigenvalue weighted by Crippen LogP contribution is -2.32. The highest BCUT2D eigenvalue weighted by atomic mass is 16.4. The topological polar surface area (TPSA) is 70.6 Å². The molecule has 0 heterocycles. The van der Waals surface area contributed by atoms with E-state index in [1.54, 1.807) is 0 Å². The molecule has 0 bridgehead atoms. The third-order valence-electron chi connectivity index (χ3n) is 4.47. The molecule has 1 atom stereocenters. The first-order chi connectivity index (χ1) is 9.61. The zero-order valence-corrected chi connectivity index (χ0v) is 12.4. The molecule has 0 radical (unpaired) electrons. The van der Waals surface area contributed by atoms with Gasteiger partial charge in [-0.25, -0.2) is 0 Å². The Morgan fingerprint density at radius 2 is 2.15 bits per heavy atom. The number of hydrogen-bond donors (Lipinski definition) is 3. The Morgan fingerprint density at radius 3 is 2.75 bits per heavy atom. The van der Waals surface area contributed by atoms with Gasteiger partial charge in [0.25, 0.3) is 0 Å². The Bertz CT molecular complexity index is 479. The summed E-state index contributed by atoms with van der Waals surface area (Å²) in [7, 11) is 0. The fourth-order valence-corrected chi connectivity index (χ4v) is 3.01. The van der Waals surface area contributed by atoms with Crippen LogP contribution in [0.15, 0.2) is 23.4 Å². The van der Waals surface area contributed by atoms with Crippen LogP contribution in [-0.2, 0) is 6.54 Å². The maximum absolute atomic E-state index is 8.70. The van der Waals surface area contributed by atoms with Gasteiger partial charge in [0.05, 0.1) is 0 Å². The number of benzene rings is 1. The number of hydrogen-bond acceptors (Lipinski definition) is 3. The summed E-state index contributed by atoms with van der Waals surface area (Å²) >= 11 is 0. The fourth-order valence-electron chi connectivity index (χ4n) is 3.01. The molecule has 1 unspecified atom stereocenters. The van der Waals surface area contributed by atoms with Gasteiger partial charge in [-0.05, 0) is 49.8 Å². The van der Waals surface area contributed by atoms with Crippen molar-refractivity contribution in [1.82, 2.24) is 5.32 Å². The van der Waals surface area contributed by atoms with Crippen molar-refractivity contribution in [1.29, 1.82) is 0 Å². The zero-order valence-electron chi connectivity index (χ0n) is 12.4. The third kappa shape index (κ3) is 3.51. The third-order valence-corrected chi connectivity index (χ3v) is 4.47. The summed E-state index contributed by atoms with van der Waals surface area (Å²) in [6, 6.07) is 6.49. The minimum absolute atomic E-state index is 0.159. The summed E-state index contributed by atoms with van der Waals surface area (Å²) in [6.07, 6.45) is 5.47. The molecule has 0 spiro atoms. The van der Waals surface area contributed by atoms with Crippen molar-refractivity contribution in [3.63, 3.8) is 0 Å². The fraction of sp³-hybridized carbons (Fsp3) is 0.562. The summed E-state index contributed by atoms with van der Waals surface area (Å²) < 4.78 is 0. The van der Waals surface area contributed by atoms with Crippen molar-refractivity contribution in [2.45, 2.75) is 52.1 Å². The minimum atomic E-state index is 0.159. The van der Waals surface area contributed by atoms with Crippen molar-refractivity contribution in [2.24, 2.45) is 16.8 Å². The largest absolute Gasteiger partial charge is 0.409 e. The maximum Gasteiger partial charge on any atom is 0.170 e. The Hall–Kier alpha value is -1.55. The van der Waals surface area contributed by atoms with Gasteiger partial charge < -0.3 is 16.3 Å². The molecule has 0 aromatic heterocycles. The second-order valence-electron chi connectivity index (χ2n) is 5.84. The molecule has 1 aromatic rings. The molecule has 4 heteroatoms. The average molecular weight is 275 g/mol. The van der Waals surface area contributed by atoms with Gasteiger partial charge in [0.15, 0.2) is 5.84 Å². The van der Waals surface area contributed by atoms with E-state index in [9.17, 15) is 0 Å². The van der Waals surface area contributed by atoms with E-state index < -0.39 is 0 Å². The van der Waals surface area contributed by atoms with Gasteiger partial charge in [-0.1, -0.05) is 30.1 Å². The SMILES string of the molecule is Cc1cc(/C(N)=N/O)ccc1CNC(C)C1CCCC1. The Labute approximate surface area is 121 Å². The van der Waals surface area contributed by atoms with Crippen LogP contribution in [0, 0.1) is 12.8 Å². The molecule has 2 rings (SSSR count). The first kappa shape index (κ1) is 14.9. The quantitative estimate of drug-likeness (QED) is 0.335. The predicted molar refractivity (Wildman–Crippen MR) is 81.9 cm³/mol. The average Bonchev–Trinajstić information content (AvgIpc) is 2.99. The molecule has 1 aliphatic rings. The lowest BCUT2D eigenvalue weighted by Gasteiger charge is -2.21. The van der Waals surface area contributed by atoms with Crippen molar-refractivity contribution in [3.8, 4) is 0 Å². The summed E-state index contributed by atoms with van der Waals surface area (Å²) in [4.78, 5) is 0. The number of amidine groups is 1. The van der Waals surface area contributed by atoms with E-state index >= 15 is 0 Å². The summed E-state index contributed by atoms with van der Waals surface area (Å²) in [5, 5.41) is 15.4. The lowest BCUT2D eigenvalue weighted by molar-refractivity contribution is 0.318. The second kappa shape index (κ2) is 6.75. The van der Waals surface area contributed by atoms with Crippen molar-refractivity contribution < 1.29 is 5.21 Å². The highest BCUT2D eigenvalue weighted by Gasteiger charge is 2.20. The normalized spacial score (nSPS) is 18.4. The molecule has 4 N–H and O–H groups in total. The Morgan fingerprint density at radius 1 is 1.45 bits per heavy atom. The Balaban J connectivity index is 1.96. The molecule has 1 aromatic carbocycles. The summed E-state index contributed by atoms with van der Waals surface area (Å²) in [6.45, 7) is 5.22. The van der Waals surface area contributed by atoms with Crippen LogP contribution < -0.4 is 11.1 Å². The first-order valence-electron chi connectivity index (χ1n) is 7.42. The second-order valence-corrected chi connectivity index (χ2v) is 5.84. The number of rotatable bonds is 5. The van der Waals surface area contributed by atoms with E-state index in [-0.39, 0.29) is 5.84 Å². The number of nitrogens with two attached hydrogens (primary N) is 1.